The van der Waals surface area contributed by atoms with Crippen LogP contribution in [-0.2, 0) is 30.5 Å². The lowest BCUT2D eigenvalue weighted by Crippen LogP contribution is -2.54. The molecule has 0 saturated carbocycles. The summed E-state index contributed by atoms with van der Waals surface area (Å²) in [7, 11) is 0. The topological polar surface area (TPSA) is 131 Å². The van der Waals surface area contributed by atoms with Crippen LogP contribution in [0.2, 0.25) is 0 Å². The smallest absolute Gasteiger partial charge is 0.249 e. The molecule has 5 rings (SSSR count). The van der Waals surface area contributed by atoms with Crippen LogP contribution in [0.3, 0.4) is 0 Å². The fourth-order valence-corrected chi connectivity index (χ4v) is 5.96. The van der Waals surface area contributed by atoms with Gasteiger partial charge in [-0.15, -0.1) is 5.10 Å². The van der Waals surface area contributed by atoms with E-state index < -0.39 is 6.04 Å². The van der Waals surface area contributed by atoms with E-state index in [0.29, 0.717) is 37.9 Å². The Hall–Kier alpha value is -3.55. The van der Waals surface area contributed by atoms with E-state index in [4.69, 9.17) is 14.2 Å². The second-order valence-corrected chi connectivity index (χ2v) is 11.6. The summed E-state index contributed by atoms with van der Waals surface area (Å²) in [6.07, 6.45) is 3.73. The maximum Gasteiger partial charge on any atom is 0.249 e. The molecule has 3 saturated heterocycles. The Balaban J connectivity index is 1.30. The van der Waals surface area contributed by atoms with Gasteiger partial charge in [0.05, 0.1) is 32.1 Å². The van der Waals surface area contributed by atoms with Crippen molar-refractivity contribution in [2.45, 2.75) is 63.9 Å². The number of piperidine rings is 1. The first kappa shape index (κ1) is 30.9. The zero-order valence-electron chi connectivity index (χ0n) is 25.1. The van der Waals surface area contributed by atoms with E-state index in [1.54, 1.807) is 20.7 Å². The molecule has 0 spiro atoms. The third-order valence-corrected chi connectivity index (χ3v) is 8.40. The van der Waals surface area contributed by atoms with Crippen molar-refractivity contribution in [3.8, 4) is 5.75 Å². The van der Waals surface area contributed by atoms with Gasteiger partial charge in [-0.25, -0.2) is 4.68 Å². The van der Waals surface area contributed by atoms with Gasteiger partial charge in [-0.05, 0) is 38.8 Å². The lowest BCUT2D eigenvalue weighted by atomic mass is 10.0. The number of nitrogens with one attached hydrogen (secondary N) is 1. The van der Waals surface area contributed by atoms with Crippen LogP contribution >= 0.6 is 0 Å². The highest BCUT2D eigenvalue weighted by atomic mass is 16.5. The van der Waals surface area contributed by atoms with Crippen molar-refractivity contribution in [3.63, 3.8) is 0 Å². The number of para-hydroxylation sites is 1. The zero-order valence-corrected chi connectivity index (χ0v) is 25.1. The van der Waals surface area contributed by atoms with Crippen molar-refractivity contribution in [2.75, 3.05) is 59.2 Å². The number of aromatic nitrogens is 3. The first-order valence-electron chi connectivity index (χ1n) is 15.2. The number of fused-ring (bicyclic) bond motifs is 1. The van der Waals surface area contributed by atoms with Crippen molar-refractivity contribution in [1.82, 2.24) is 35.0 Å². The second-order valence-electron chi connectivity index (χ2n) is 11.6. The number of nitrogens with zero attached hydrogens (tertiary/aromatic N) is 6. The lowest BCUT2D eigenvalue weighted by molar-refractivity contribution is -0.148. The minimum absolute atomic E-state index is 0.0739. The molecule has 13 nitrogen and oxygen atoms in total. The molecule has 1 N–H and O–H groups in total. The van der Waals surface area contributed by atoms with E-state index in [1.807, 2.05) is 30.3 Å². The van der Waals surface area contributed by atoms with E-state index >= 15 is 0 Å². The molecule has 3 aliphatic heterocycles. The number of rotatable bonds is 6. The summed E-state index contributed by atoms with van der Waals surface area (Å²) < 4.78 is 18.7. The first-order valence-corrected chi connectivity index (χ1v) is 15.2. The first-order chi connectivity index (χ1) is 20.9. The fourth-order valence-electron chi connectivity index (χ4n) is 5.96. The molecule has 234 valence electrons. The molecule has 43 heavy (non-hydrogen) atoms. The van der Waals surface area contributed by atoms with Gasteiger partial charge in [0, 0.05) is 44.7 Å². The van der Waals surface area contributed by atoms with Gasteiger partial charge in [0.15, 0.2) is 0 Å². The summed E-state index contributed by atoms with van der Waals surface area (Å²) in [5.74, 6) is -0.000604. The van der Waals surface area contributed by atoms with Crippen LogP contribution in [0, 0.1) is 0 Å². The Morgan fingerprint density at radius 2 is 1.74 bits per heavy atom. The molecule has 0 bridgehead atoms. The quantitative estimate of drug-likeness (QED) is 0.515. The van der Waals surface area contributed by atoms with Gasteiger partial charge in [0.25, 0.3) is 0 Å². The number of carbonyl (C=O) groups is 3. The molecule has 0 unspecified atom stereocenters. The number of hydrogen-bond donors (Lipinski definition) is 1. The third-order valence-electron chi connectivity index (χ3n) is 8.40. The van der Waals surface area contributed by atoms with Crippen molar-refractivity contribution in [2.24, 2.45) is 0 Å². The minimum atomic E-state index is -0.702. The predicted octanol–water partition coefficient (Wildman–Crippen LogP) is 0.864. The fraction of sp³-hybridized carbons (Fsp3) is 0.633. The van der Waals surface area contributed by atoms with Gasteiger partial charge in [-0.1, -0.05) is 23.4 Å². The molecule has 0 radical (unpaired) electrons. The normalized spacial score (nSPS) is 24.0. The Morgan fingerprint density at radius 3 is 2.51 bits per heavy atom. The highest BCUT2D eigenvalue weighted by Gasteiger charge is 2.42. The highest BCUT2D eigenvalue weighted by Crippen LogP contribution is 2.28. The number of carbonyl (C=O) groups excluding carboxylic acids is 3. The van der Waals surface area contributed by atoms with Crippen molar-refractivity contribution < 1.29 is 28.6 Å². The van der Waals surface area contributed by atoms with Gasteiger partial charge in [0.1, 0.15) is 37.2 Å². The molecule has 3 amide bonds. The summed E-state index contributed by atoms with van der Waals surface area (Å²) in [5.41, 5.74) is 0.644. The number of hydrogen-bond acceptors (Lipinski definition) is 9. The van der Waals surface area contributed by atoms with Crippen LogP contribution < -0.4 is 10.1 Å². The van der Waals surface area contributed by atoms with Crippen LogP contribution in [0.15, 0.2) is 36.5 Å². The zero-order chi connectivity index (χ0) is 30.2. The monoisotopic (exact) mass is 597 g/mol. The average molecular weight is 598 g/mol. The summed E-state index contributed by atoms with van der Waals surface area (Å²) in [5, 5.41) is 11.5. The molecular weight excluding hydrogens is 554 g/mol. The second kappa shape index (κ2) is 14.8. The maximum atomic E-state index is 13.9. The summed E-state index contributed by atoms with van der Waals surface area (Å²) >= 11 is 0. The molecule has 2 atom stereocenters. The highest BCUT2D eigenvalue weighted by molar-refractivity contribution is 5.91. The van der Waals surface area contributed by atoms with Gasteiger partial charge >= 0.3 is 0 Å². The molecule has 4 heterocycles. The van der Waals surface area contributed by atoms with E-state index in [0.717, 1.165) is 31.7 Å². The van der Waals surface area contributed by atoms with Crippen LogP contribution in [0.1, 0.15) is 44.8 Å². The van der Waals surface area contributed by atoms with Crippen molar-refractivity contribution in [1.29, 1.82) is 0 Å². The minimum Gasteiger partial charge on any atom is -0.487 e. The lowest BCUT2D eigenvalue weighted by Gasteiger charge is -2.40. The Labute approximate surface area is 252 Å². The summed E-state index contributed by atoms with van der Waals surface area (Å²) in [4.78, 5) is 46.3. The van der Waals surface area contributed by atoms with Crippen LogP contribution in [0.4, 0.5) is 0 Å². The summed E-state index contributed by atoms with van der Waals surface area (Å²) in [6.45, 7) is 7.55. The van der Waals surface area contributed by atoms with Gasteiger partial charge in [0.2, 0.25) is 17.7 Å². The molecule has 0 aliphatic carbocycles. The molecule has 3 fully saturated rings. The standard InChI is InChI=1S/C30H43N7O6/c1-22(2)34-11-8-24(9-12-34)35-19-28(38)36-18-25(37-17-23(32-33-37)20-43-26-6-4-3-5-7-26)16-27(36)30(40)31-10-13-41-14-15-42-21-29(35)39/h3-7,17,22,24-25,27H,8-16,18-21H2,1-2H3,(H,31,40)/t25-,27-/m0/s1. The number of benzene rings is 1. The van der Waals surface area contributed by atoms with Crippen LogP contribution in [-0.4, -0.2) is 125 Å². The SMILES string of the molecule is CC(C)N1CCC(N2CC(=O)N3C[C@@H](n4cc(COc5ccccc5)nn4)C[C@H]3C(=O)NCCOCCOCC2=O)CC1. The molecule has 2 aromatic rings. The van der Waals surface area contributed by atoms with E-state index in [9.17, 15) is 14.4 Å². The molecule has 1 aromatic carbocycles. The maximum absolute atomic E-state index is 13.9. The predicted molar refractivity (Wildman–Crippen MR) is 156 cm³/mol. The van der Waals surface area contributed by atoms with Gasteiger partial charge < -0.3 is 34.2 Å². The number of ether oxygens (including phenoxy) is 3. The average Bonchev–Trinajstić information content (AvgIpc) is 3.68. The molecule has 13 heteroatoms. The van der Waals surface area contributed by atoms with Crippen LogP contribution in [0.5, 0.6) is 5.75 Å². The number of likely N-dealkylation sites (tertiary alicyclic amines) is 1. The third kappa shape index (κ3) is 8.09. The number of amides is 3. The van der Waals surface area contributed by atoms with Crippen molar-refractivity contribution >= 4 is 17.7 Å². The van der Waals surface area contributed by atoms with E-state index in [-0.39, 0.29) is 62.7 Å². The molecule has 3 aliphatic rings. The Bertz CT molecular complexity index is 1220. The largest absolute Gasteiger partial charge is 0.487 e. The Morgan fingerprint density at radius 1 is 0.977 bits per heavy atom. The Kier molecular flexibility index (Phi) is 10.6. The summed E-state index contributed by atoms with van der Waals surface area (Å²) in [6, 6.07) is 8.85. The van der Waals surface area contributed by atoms with Gasteiger partial charge in [-0.2, -0.15) is 0 Å². The van der Waals surface area contributed by atoms with E-state index in [1.165, 1.54) is 0 Å². The molecule has 1 aromatic heterocycles. The van der Waals surface area contributed by atoms with E-state index in [2.05, 4.69) is 34.4 Å². The van der Waals surface area contributed by atoms with Gasteiger partial charge in [-0.3, -0.25) is 14.4 Å². The molecular formula is C30H43N7O6. The van der Waals surface area contributed by atoms with Crippen LogP contribution in [0.25, 0.3) is 0 Å². The van der Waals surface area contributed by atoms with Crippen molar-refractivity contribution in [3.05, 3.63) is 42.2 Å².